The van der Waals surface area contributed by atoms with Crippen LogP contribution in [0.5, 0.6) is 5.75 Å². The average molecular weight is 481 g/mol. The van der Waals surface area contributed by atoms with E-state index in [4.69, 9.17) is 0 Å². The highest BCUT2D eigenvalue weighted by Crippen LogP contribution is 2.30. The molecule has 1 aliphatic heterocycles. The smallest absolute Gasteiger partial charge is 0.271 e. The van der Waals surface area contributed by atoms with Crippen LogP contribution < -0.4 is 10.3 Å². The number of aromatic hydroxyl groups is 1. The summed E-state index contributed by atoms with van der Waals surface area (Å²) in [5.74, 6) is -0.305. The van der Waals surface area contributed by atoms with Crippen LogP contribution in [0.2, 0.25) is 0 Å². The van der Waals surface area contributed by atoms with Crippen molar-refractivity contribution in [3.8, 4) is 5.75 Å². The van der Waals surface area contributed by atoms with Crippen molar-refractivity contribution in [1.29, 1.82) is 0 Å². The molecule has 2 N–H and O–H groups in total. The number of benzene rings is 2. The third-order valence-electron chi connectivity index (χ3n) is 3.92. The van der Waals surface area contributed by atoms with E-state index in [1.807, 2.05) is 0 Å². The predicted octanol–water partition coefficient (Wildman–Crippen LogP) is 3.81. The molecule has 0 bridgehead atoms. The molecule has 8 heteroatoms. The van der Waals surface area contributed by atoms with Crippen molar-refractivity contribution in [1.82, 2.24) is 5.43 Å². The van der Waals surface area contributed by atoms with Gasteiger partial charge in [-0.2, -0.15) is 5.10 Å². The van der Waals surface area contributed by atoms with Crippen molar-refractivity contribution >= 4 is 55.6 Å². The summed E-state index contributed by atoms with van der Waals surface area (Å²) in [5.41, 5.74) is 3.98. The molecule has 1 saturated heterocycles. The normalized spacial score (nSPS) is 14.2. The lowest BCUT2D eigenvalue weighted by Crippen LogP contribution is -2.24. The van der Waals surface area contributed by atoms with Gasteiger partial charge in [0.25, 0.3) is 5.91 Å². The van der Waals surface area contributed by atoms with Crippen LogP contribution in [-0.2, 0) is 4.79 Å². The van der Waals surface area contributed by atoms with Gasteiger partial charge in [0.1, 0.15) is 5.75 Å². The first-order valence-electron chi connectivity index (χ1n) is 7.87. The van der Waals surface area contributed by atoms with Crippen molar-refractivity contribution in [3.63, 3.8) is 0 Å². The Balaban J connectivity index is 1.72. The Morgan fingerprint density at radius 2 is 2.08 bits per heavy atom. The molecule has 2 aromatic carbocycles. The fourth-order valence-electron chi connectivity index (χ4n) is 2.65. The van der Waals surface area contributed by atoms with Gasteiger partial charge in [0.05, 0.1) is 10.7 Å². The second-order valence-corrected chi connectivity index (χ2v) is 7.49. The number of hydrogen-bond donors (Lipinski definition) is 2. The molecular weight excluding hydrogens is 466 g/mol. The van der Waals surface area contributed by atoms with Gasteiger partial charge < -0.3 is 10.0 Å². The number of hydrazone groups is 1. The first-order chi connectivity index (χ1) is 12.5. The van der Waals surface area contributed by atoms with E-state index in [0.29, 0.717) is 34.3 Å². The molecule has 0 aromatic heterocycles. The van der Waals surface area contributed by atoms with Gasteiger partial charge in [0, 0.05) is 34.3 Å². The molecule has 1 fully saturated rings. The molecule has 2 amide bonds. The van der Waals surface area contributed by atoms with E-state index in [-0.39, 0.29) is 11.7 Å². The summed E-state index contributed by atoms with van der Waals surface area (Å²) < 4.78 is 1.28. The van der Waals surface area contributed by atoms with E-state index < -0.39 is 5.91 Å². The van der Waals surface area contributed by atoms with Crippen molar-refractivity contribution in [3.05, 3.63) is 56.5 Å². The zero-order valence-electron chi connectivity index (χ0n) is 13.6. The van der Waals surface area contributed by atoms with Crippen LogP contribution in [0, 0.1) is 0 Å². The number of carbonyl (C=O) groups excluding carboxylic acids is 2. The van der Waals surface area contributed by atoms with Crippen molar-refractivity contribution < 1.29 is 14.7 Å². The minimum absolute atomic E-state index is 0.0285. The number of carbonyl (C=O) groups is 2. The molecule has 0 spiro atoms. The molecule has 2 aromatic rings. The van der Waals surface area contributed by atoms with E-state index in [1.54, 1.807) is 41.3 Å². The highest BCUT2D eigenvalue weighted by molar-refractivity contribution is 9.11. The maximum atomic E-state index is 12.3. The zero-order valence-corrected chi connectivity index (χ0v) is 16.7. The van der Waals surface area contributed by atoms with Gasteiger partial charge in [-0.1, -0.05) is 22.0 Å². The summed E-state index contributed by atoms with van der Waals surface area (Å²) in [6.07, 6.45) is 2.72. The van der Waals surface area contributed by atoms with E-state index in [0.717, 1.165) is 10.9 Å². The van der Waals surface area contributed by atoms with Gasteiger partial charge in [0.2, 0.25) is 5.91 Å². The van der Waals surface area contributed by atoms with Gasteiger partial charge in [0.15, 0.2) is 0 Å². The summed E-state index contributed by atoms with van der Waals surface area (Å²) in [4.78, 5) is 25.8. The standard InChI is InChI=1S/C18H15Br2N3O3/c19-13-7-12(17(25)15(20)9-13)10-21-22-18(26)11-3-1-4-14(8-11)23-6-2-5-16(23)24/h1,3-4,7-10,25H,2,5-6H2,(H,22,26)/b21-10+. The van der Waals surface area contributed by atoms with Gasteiger partial charge in [-0.05, 0) is 52.7 Å². The maximum absolute atomic E-state index is 12.3. The molecule has 0 unspecified atom stereocenters. The molecule has 0 saturated carbocycles. The number of anilines is 1. The van der Waals surface area contributed by atoms with Crippen LogP contribution in [0.25, 0.3) is 0 Å². The molecular formula is C18H15Br2N3O3. The Morgan fingerprint density at radius 3 is 2.81 bits per heavy atom. The van der Waals surface area contributed by atoms with Crippen LogP contribution >= 0.6 is 31.9 Å². The lowest BCUT2D eigenvalue weighted by molar-refractivity contribution is -0.117. The fraction of sp³-hybridized carbons (Fsp3) is 0.167. The minimum Gasteiger partial charge on any atom is -0.506 e. The molecule has 1 heterocycles. The second-order valence-electron chi connectivity index (χ2n) is 5.72. The average Bonchev–Trinajstić information content (AvgIpc) is 3.05. The highest BCUT2D eigenvalue weighted by atomic mass is 79.9. The third kappa shape index (κ3) is 4.13. The maximum Gasteiger partial charge on any atom is 0.271 e. The van der Waals surface area contributed by atoms with Crippen molar-refractivity contribution in [2.45, 2.75) is 12.8 Å². The number of hydrogen-bond acceptors (Lipinski definition) is 4. The lowest BCUT2D eigenvalue weighted by atomic mass is 10.2. The Kier molecular flexibility index (Phi) is 5.73. The molecule has 3 rings (SSSR count). The summed E-state index contributed by atoms with van der Waals surface area (Å²) in [6.45, 7) is 0.666. The largest absolute Gasteiger partial charge is 0.506 e. The number of amides is 2. The van der Waals surface area contributed by atoms with Crippen LogP contribution in [0.4, 0.5) is 5.69 Å². The van der Waals surface area contributed by atoms with Crippen LogP contribution in [-0.4, -0.2) is 29.7 Å². The summed E-state index contributed by atoms with van der Waals surface area (Å²) in [6, 6.07) is 10.2. The second kappa shape index (κ2) is 8.01. The monoisotopic (exact) mass is 479 g/mol. The Labute approximate surface area is 167 Å². The van der Waals surface area contributed by atoms with Gasteiger partial charge in [-0.15, -0.1) is 0 Å². The fourth-order valence-corrected chi connectivity index (χ4v) is 3.90. The first-order valence-corrected chi connectivity index (χ1v) is 9.46. The Morgan fingerprint density at radius 1 is 1.27 bits per heavy atom. The number of nitrogens with zero attached hydrogens (tertiary/aromatic N) is 2. The Hall–Kier alpha value is -2.19. The van der Waals surface area contributed by atoms with Gasteiger partial charge in [-0.25, -0.2) is 5.43 Å². The number of halogens is 2. The number of nitrogens with one attached hydrogen (secondary N) is 1. The quantitative estimate of drug-likeness (QED) is 0.515. The number of rotatable bonds is 4. The zero-order chi connectivity index (χ0) is 18.7. The predicted molar refractivity (Wildman–Crippen MR) is 107 cm³/mol. The van der Waals surface area contributed by atoms with E-state index >= 15 is 0 Å². The van der Waals surface area contributed by atoms with Crippen LogP contribution in [0.3, 0.4) is 0 Å². The molecule has 26 heavy (non-hydrogen) atoms. The topological polar surface area (TPSA) is 82.0 Å². The lowest BCUT2D eigenvalue weighted by Gasteiger charge is -2.16. The SMILES string of the molecule is O=C(N/N=C/c1cc(Br)cc(Br)c1O)c1cccc(N2CCCC2=O)c1. The molecule has 6 nitrogen and oxygen atoms in total. The van der Waals surface area contributed by atoms with E-state index in [1.165, 1.54) is 6.21 Å². The minimum atomic E-state index is -0.400. The highest BCUT2D eigenvalue weighted by Gasteiger charge is 2.22. The molecule has 0 radical (unpaired) electrons. The van der Waals surface area contributed by atoms with Crippen molar-refractivity contribution in [2.75, 3.05) is 11.4 Å². The van der Waals surface area contributed by atoms with Crippen molar-refractivity contribution in [2.24, 2.45) is 5.10 Å². The number of phenols is 1. The summed E-state index contributed by atoms with van der Waals surface area (Å²) in [5, 5.41) is 13.9. The molecule has 134 valence electrons. The molecule has 1 aliphatic rings. The first kappa shape index (κ1) is 18.6. The summed E-state index contributed by atoms with van der Waals surface area (Å²) >= 11 is 6.57. The van der Waals surface area contributed by atoms with Crippen LogP contribution in [0.1, 0.15) is 28.8 Å². The van der Waals surface area contributed by atoms with E-state index in [9.17, 15) is 14.7 Å². The molecule has 0 atom stereocenters. The Bertz CT molecular complexity index is 899. The van der Waals surface area contributed by atoms with Gasteiger partial charge in [-0.3, -0.25) is 9.59 Å². The van der Waals surface area contributed by atoms with Gasteiger partial charge >= 0.3 is 0 Å². The summed E-state index contributed by atoms with van der Waals surface area (Å²) in [7, 11) is 0. The van der Waals surface area contributed by atoms with E-state index in [2.05, 4.69) is 42.4 Å². The van der Waals surface area contributed by atoms with Crippen LogP contribution in [0.15, 0.2) is 50.4 Å². The number of phenolic OH excluding ortho intramolecular Hbond substituents is 1. The third-order valence-corrected chi connectivity index (χ3v) is 4.98. The molecule has 0 aliphatic carbocycles.